The van der Waals surface area contributed by atoms with Crippen LogP contribution in [0.5, 0.6) is 0 Å². The molecule has 0 bridgehead atoms. The number of ether oxygens (including phenoxy) is 1. The topological polar surface area (TPSA) is 72.5 Å². The summed E-state index contributed by atoms with van der Waals surface area (Å²) in [5, 5.41) is 2.60. The minimum Gasteiger partial charge on any atom is -0.452 e. The molecule has 2 rings (SSSR count). The molecule has 0 aliphatic rings. The van der Waals surface area contributed by atoms with Gasteiger partial charge in [0.25, 0.3) is 5.91 Å². The lowest BCUT2D eigenvalue weighted by atomic mass is 10.1. The van der Waals surface area contributed by atoms with Crippen molar-refractivity contribution in [2.75, 3.05) is 17.7 Å². The molecule has 0 heterocycles. The molecule has 0 saturated carbocycles. The molecule has 0 spiro atoms. The van der Waals surface area contributed by atoms with Gasteiger partial charge in [-0.1, -0.05) is 31.2 Å². The summed E-state index contributed by atoms with van der Waals surface area (Å²) in [6.07, 6.45) is 0. The number of carbonyl (C=O) groups excluding carboxylic acids is 3. The Morgan fingerprint density at radius 1 is 1.00 bits per heavy atom. The number of esters is 1. The number of thioether (sulfide) groups is 1. The van der Waals surface area contributed by atoms with E-state index >= 15 is 0 Å². The van der Waals surface area contributed by atoms with Gasteiger partial charge in [-0.05, 0) is 36.9 Å². The van der Waals surface area contributed by atoms with Crippen molar-refractivity contribution in [2.24, 2.45) is 0 Å². The zero-order valence-corrected chi connectivity index (χ0v) is 14.9. The molecule has 25 heavy (non-hydrogen) atoms. The molecule has 130 valence electrons. The number of amides is 1. The first-order valence-electron chi connectivity index (χ1n) is 7.81. The van der Waals surface area contributed by atoms with Crippen LogP contribution >= 0.6 is 11.8 Å². The zero-order valence-electron chi connectivity index (χ0n) is 14.1. The van der Waals surface area contributed by atoms with Crippen molar-refractivity contribution in [2.45, 2.75) is 18.7 Å². The molecule has 0 unspecified atom stereocenters. The van der Waals surface area contributed by atoms with E-state index in [1.54, 1.807) is 36.4 Å². The first-order valence-corrected chi connectivity index (χ1v) is 8.80. The number of anilines is 1. The molecule has 6 heteroatoms. The van der Waals surface area contributed by atoms with Crippen LogP contribution in [-0.4, -0.2) is 30.0 Å². The van der Waals surface area contributed by atoms with Gasteiger partial charge < -0.3 is 10.1 Å². The second-order valence-corrected chi connectivity index (χ2v) is 6.46. The highest BCUT2D eigenvalue weighted by atomic mass is 32.2. The van der Waals surface area contributed by atoms with E-state index in [9.17, 15) is 14.4 Å². The maximum Gasteiger partial charge on any atom is 0.339 e. The molecule has 0 saturated heterocycles. The lowest BCUT2D eigenvalue weighted by Crippen LogP contribution is -2.22. The Kier molecular flexibility index (Phi) is 6.77. The van der Waals surface area contributed by atoms with Gasteiger partial charge >= 0.3 is 5.97 Å². The van der Waals surface area contributed by atoms with Crippen molar-refractivity contribution in [3.05, 3.63) is 59.7 Å². The number of para-hydroxylation sites is 1. The highest BCUT2D eigenvalue weighted by Gasteiger charge is 2.15. The number of hydrogen-bond acceptors (Lipinski definition) is 5. The molecular formula is C19H19NO4S. The van der Waals surface area contributed by atoms with Crippen LogP contribution in [0.1, 0.15) is 34.6 Å². The first-order chi connectivity index (χ1) is 12.0. The van der Waals surface area contributed by atoms with Gasteiger partial charge in [0, 0.05) is 10.5 Å². The number of hydrogen-bond donors (Lipinski definition) is 1. The third-order valence-electron chi connectivity index (χ3n) is 3.32. The van der Waals surface area contributed by atoms with E-state index in [2.05, 4.69) is 5.32 Å². The minimum atomic E-state index is -0.549. The van der Waals surface area contributed by atoms with Crippen LogP contribution in [0.3, 0.4) is 0 Å². The van der Waals surface area contributed by atoms with Crippen LogP contribution in [0.25, 0.3) is 0 Å². The van der Waals surface area contributed by atoms with E-state index in [1.165, 1.54) is 18.7 Å². The van der Waals surface area contributed by atoms with Gasteiger partial charge in [-0.25, -0.2) is 4.79 Å². The van der Waals surface area contributed by atoms with Crippen LogP contribution in [-0.2, 0) is 9.53 Å². The van der Waals surface area contributed by atoms with Crippen molar-refractivity contribution in [1.29, 1.82) is 0 Å². The number of benzene rings is 2. The largest absolute Gasteiger partial charge is 0.452 e. The third-order valence-corrected chi connectivity index (χ3v) is 4.28. The smallest absolute Gasteiger partial charge is 0.339 e. The maximum atomic E-state index is 12.2. The Morgan fingerprint density at radius 2 is 1.64 bits per heavy atom. The van der Waals surface area contributed by atoms with E-state index in [0.717, 1.165) is 10.6 Å². The van der Waals surface area contributed by atoms with Crippen molar-refractivity contribution in [3.63, 3.8) is 0 Å². The predicted octanol–water partition coefficient (Wildman–Crippen LogP) is 3.80. The van der Waals surface area contributed by atoms with Gasteiger partial charge in [-0.3, -0.25) is 9.59 Å². The molecule has 0 radical (unpaired) electrons. The Balaban J connectivity index is 1.99. The standard InChI is InChI=1S/C19H19NO4S/c1-3-25-17-11-7-5-9-15(17)19(23)24-12-18(22)20-16-10-6-4-8-14(16)13(2)21/h4-11H,3,12H2,1-2H3,(H,20,22). The number of rotatable bonds is 7. The van der Waals surface area contributed by atoms with E-state index in [0.29, 0.717) is 16.8 Å². The van der Waals surface area contributed by atoms with Crippen molar-refractivity contribution < 1.29 is 19.1 Å². The molecule has 2 aromatic rings. The van der Waals surface area contributed by atoms with Crippen LogP contribution in [0.4, 0.5) is 5.69 Å². The van der Waals surface area contributed by atoms with E-state index < -0.39 is 18.5 Å². The highest BCUT2D eigenvalue weighted by molar-refractivity contribution is 7.99. The fourth-order valence-electron chi connectivity index (χ4n) is 2.21. The molecule has 5 nitrogen and oxygen atoms in total. The van der Waals surface area contributed by atoms with Gasteiger partial charge in [0.05, 0.1) is 11.3 Å². The summed E-state index contributed by atoms with van der Waals surface area (Å²) in [6, 6.07) is 13.8. The SMILES string of the molecule is CCSc1ccccc1C(=O)OCC(=O)Nc1ccccc1C(C)=O. The summed E-state index contributed by atoms with van der Waals surface area (Å²) in [4.78, 5) is 36.6. The molecule has 0 fully saturated rings. The number of carbonyl (C=O) groups is 3. The molecule has 0 aliphatic carbocycles. The van der Waals surface area contributed by atoms with E-state index in [1.807, 2.05) is 19.1 Å². The summed E-state index contributed by atoms with van der Waals surface area (Å²) in [5.74, 6) is -0.375. The van der Waals surface area contributed by atoms with Gasteiger partial charge in [-0.15, -0.1) is 11.8 Å². The highest BCUT2D eigenvalue weighted by Crippen LogP contribution is 2.23. The molecule has 0 aromatic heterocycles. The summed E-state index contributed by atoms with van der Waals surface area (Å²) in [6.45, 7) is 3.00. The fourth-order valence-corrected chi connectivity index (χ4v) is 3.00. The second-order valence-electron chi connectivity index (χ2n) is 5.16. The molecule has 1 N–H and O–H groups in total. The van der Waals surface area contributed by atoms with Gasteiger partial charge in [0.15, 0.2) is 12.4 Å². The number of Topliss-reactive ketones (excluding diaryl/α,β-unsaturated/α-hetero) is 1. The van der Waals surface area contributed by atoms with Crippen LogP contribution in [0, 0.1) is 0 Å². The average Bonchev–Trinajstić information content (AvgIpc) is 2.61. The lowest BCUT2D eigenvalue weighted by Gasteiger charge is -2.10. The Hall–Kier alpha value is -2.60. The van der Waals surface area contributed by atoms with E-state index in [4.69, 9.17) is 4.74 Å². The van der Waals surface area contributed by atoms with Gasteiger partial charge in [-0.2, -0.15) is 0 Å². The predicted molar refractivity (Wildman–Crippen MR) is 98.2 cm³/mol. The van der Waals surface area contributed by atoms with Crippen LogP contribution < -0.4 is 5.32 Å². The molecule has 0 aliphatic heterocycles. The number of ketones is 1. The quantitative estimate of drug-likeness (QED) is 0.464. The fraction of sp³-hybridized carbons (Fsp3) is 0.211. The Morgan fingerprint density at radius 3 is 2.32 bits per heavy atom. The van der Waals surface area contributed by atoms with Gasteiger partial charge in [0.2, 0.25) is 0 Å². The summed E-state index contributed by atoms with van der Waals surface area (Å²) < 4.78 is 5.10. The zero-order chi connectivity index (χ0) is 18.2. The second kappa shape index (κ2) is 9.03. The summed E-state index contributed by atoms with van der Waals surface area (Å²) in [7, 11) is 0. The number of nitrogens with one attached hydrogen (secondary N) is 1. The summed E-state index contributed by atoms with van der Waals surface area (Å²) >= 11 is 1.53. The molecular weight excluding hydrogens is 338 g/mol. The van der Waals surface area contributed by atoms with Crippen molar-refractivity contribution in [3.8, 4) is 0 Å². The van der Waals surface area contributed by atoms with Crippen molar-refractivity contribution >= 4 is 35.1 Å². The minimum absolute atomic E-state index is 0.154. The third kappa shape index (κ3) is 5.19. The van der Waals surface area contributed by atoms with Crippen LogP contribution in [0.2, 0.25) is 0 Å². The lowest BCUT2D eigenvalue weighted by molar-refractivity contribution is -0.119. The first kappa shape index (κ1) is 18.7. The molecule has 0 atom stereocenters. The normalized spacial score (nSPS) is 10.2. The maximum absolute atomic E-state index is 12.2. The van der Waals surface area contributed by atoms with E-state index in [-0.39, 0.29) is 5.78 Å². The van der Waals surface area contributed by atoms with Crippen LogP contribution in [0.15, 0.2) is 53.4 Å². The molecule has 1 amide bonds. The Bertz CT molecular complexity index is 788. The van der Waals surface area contributed by atoms with Crippen molar-refractivity contribution in [1.82, 2.24) is 0 Å². The summed E-state index contributed by atoms with van der Waals surface area (Å²) in [5.41, 5.74) is 1.25. The van der Waals surface area contributed by atoms with Gasteiger partial charge in [0.1, 0.15) is 0 Å². The Labute approximate surface area is 150 Å². The molecule has 2 aromatic carbocycles. The monoisotopic (exact) mass is 357 g/mol. The average molecular weight is 357 g/mol.